The van der Waals surface area contributed by atoms with Crippen LogP contribution in [0.4, 0.5) is 5.82 Å². The number of anilines is 1. The number of aromatic nitrogens is 1. The number of β-amino-alcohol motifs (C(OH)–C–C–N with tert-alkyl or cyclic N) is 1. The lowest BCUT2D eigenvalue weighted by Crippen LogP contribution is -2.48. The van der Waals surface area contributed by atoms with Crippen LogP contribution in [-0.4, -0.2) is 59.5 Å². The van der Waals surface area contributed by atoms with E-state index < -0.39 is 0 Å². The minimum Gasteiger partial charge on any atom is -0.391 e. The van der Waals surface area contributed by atoms with Crippen molar-refractivity contribution in [3.63, 3.8) is 0 Å². The van der Waals surface area contributed by atoms with Crippen LogP contribution in [0.25, 0.3) is 10.9 Å². The number of morpholine rings is 1. The van der Waals surface area contributed by atoms with Gasteiger partial charge in [0.1, 0.15) is 5.82 Å². The second kappa shape index (κ2) is 7.38. The number of pyridine rings is 1. The molecule has 27 heavy (non-hydrogen) atoms. The smallest absolute Gasteiger partial charge is 0.133 e. The molecule has 2 aromatic rings. The minimum atomic E-state index is -0.260. The number of aliphatic hydroxyl groups excluding tert-OH is 1. The zero-order chi connectivity index (χ0) is 19.0. The Bertz CT molecular complexity index is 821. The lowest BCUT2D eigenvalue weighted by atomic mass is 10.0. The van der Waals surface area contributed by atoms with E-state index in [2.05, 4.69) is 54.8 Å². The second-order valence-electron chi connectivity index (χ2n) is 8.73. The number of aliphatic hydroxyl groups is 1. The molecule has 146 valence electrons. The molecule has 2 fully saturated rings. The van der Waals surface area contributed by atoms with Crippen LogP contribution in [0, 0.1) is 6.92 Å². The summed E-state index contributed by atoms with van der Waals surface area (Å²) in [6, 6.07) is 8.74. The third-order valence-electron chi connectivity index (χ3n) is 5.62. The molecule has 3 heterocycles. The van der Waals surface area contributed by atoms with E-state index in [-0.39, 0.29) is 11.7 Å². The monoisotopic (exact) mass is 369 g/mol. The van der Waals surface area contributed by atoms with Crippen molar-refractivity contribution in [2.45, 2.75) is 51.9 Å². The summed E-state index contributed by atoms with van der Waals surface area (Å²) in [5.74, 6) is 1.04. The fourth-order valence-corrected chi connectivity index (χ4v) is 4.36. The first-order valence-electron chi connectivity index (χ1n) is 10.1. The van der Waals surface area contributed by atoms with Crippen LogP contribution in [-0.2, 0) is 11.3 Å². The van der Waals surface area contributed by atoms with Crippen LogP contribution in [0.15, 0.2) is 24.3 Å². The van der Waals surface area contributed by atoms with Gasteiger partial charge in [0.25, 0.3) is 0 Å². The molecule has 0 spiro atoms. The molecule has 2 saturated heterocycles. The van der Waals surface area contributed by atoms with Crippen molar-refractivity contribution in [2.75, 3.05) is 37.7 Å². The van der Waals surface area contributed by atoms with Crippen molar-refractivity contribution in [2.24, 2.45) is 0 Å². The maximum absolute atomic E-state index is 10.2. The summed E-state index contributed by atoms with van der Waals surface area (Å²) in [5.41, 5.74) is 3.42. The maximum Gasteiger partial charge on any atom is 0.133 e. The average Bonchev–Trinajstić information content (AvgIpc) is 2.60. The van der Waals surface area contributed by atoms with Crippen LogP contribution in [0.3, 0.4) is 0 Å². The Labute approximate surface area is 161 Å². The molecule has 5 nitrogen and oxygen atoms in total. The van der Waals surface area contributed by atoms with E-state index in [4.69, 9.17) is 9.72 Å². The van der Waals surface area contributed by atoms with Crippen molar-refractivity contribution in [1.82, 2.24) is 9.88 Å². The third-order valence-corrected chi connectivity index (χ3v) is 5.62. The summed E-state index contributed by atoms with van der Waals surface area (Å²) in [6.07, 6.45) is 1.64. The first-order chi connectivity index (χ1) is 12.9. The van der Waals surface area contributed by atoms with Gasteiger partial charge in [-0.25, -0.2) is 4.98 Å². The molecule has 0 aliphatic carbocycles. The third kappa shape index (κ3) is 4.26. The Morgan fingerprint density at radius 3 is 2.89 bits per heavy atom. The van der Waals surface area contributed by atoms with E-state index >= 15 is 0 Å². The molecule has 1 N–H and O–H groups in total. The number of piperidine rings is 1. The van der Waals surface area contributed by atoms with E-state index in [9.17, 15) is 5.11 Å². The Kier molecular flexibility index (Phi) is 5.10. The number of rotatable bonds is 3. The fourth-order valence-electron chi connectivity index (χ4n) is 4.36. The van der Waals surface area contributed by atoms with Crippen LogP contribution in [0.5, 0.6) is 0 Å². The van der Waals surface area contributed by atoms with Gasteiger partial charge in [0.2, 0.25) is 0 Å². The van der Waals surface area contributed by atoms with Crippen molar-refractivity contribution in [1.29, 1.82) is 0 Å². The summed E-state index contributed by atoms with van der Waals surface area (Å²) >= 11 is 0. The van der Waals surface area contributed by atoms with Crippen molar-refractivity contribution in [3.05, 3.63) is 35.4 Å². The molecular formula is C22H31N3O2. The summed E-state index contributed by atoms with van der Waals surface area (Å²) in [5, 5.41) is 11.4. The maximum atomic E-state index is 10.2. The molecule has 0 bridgehead atoms. The van der Waals surface area contributed by atoms with Crippen molar-refractivity contribution < 1.29 is 9.84 Å². The highest BCUT2D eigenvalue weighted by Gasteiger charge is 2.29. The number of fused-ring (bicyclic) bond motifs is 1. The molecule has 2 aliphatic heterocycles. The van der Waals surface area contributed by atoms with E-state index in [0.717, 1.165) is 57.0 Å². The Morgan fingerprint density at radius 2 is 2.11 bits per heavy atom. The van der Waals surface area contributed by atoms with Crippen LogP contribution in [0.2, 0.25) is 0 Å². The Hall–Kier alpha value is -1.69. The van der Waals surface area contributed by atoms with Gasteiger partial charge in [-0.05, 0) is 51.8 Å². The normalized spacial score (nSPS) is 23.7. The van der Waals surface area contributed by atoms with E-state index in [1.165, 1.54) is 16.5 Å². The number of hydrogen-bond acceptors (Lipinski definition) is 5. The lowest BCUT2D eigenvalue weighted by Gasteiger charge is -2.39. The van der Waals surface area contributed by atoms with Gasteiger partial charge < -0.3 is 14.7 Å². The molecule has 1 aromatic carbocycles. The fraction of sp³-hybridized carbons (Fsp3) is 0.591. The van der Waals surface area contributed by atoms with Crippen molar-refractivity contribution >= 4 is 16.7 Å². The van der Waals surface area contributed by atoms with Crippen LogP contribution < -0.4 is 4.90 Å². The highest BCUT2D eigenvalue weighted by atomic mass is 16.5. The molecule has 2 aliphatic rings. The molecule has 1 unspecified atom stereocenters. The van der Waals surface area contributed by atoms with Gasteiger partial charge in [0.15, 0.2) is 0 Å². The highest BCUT2D eigenvalue weighted by Crippen LogP contribution is 2.29. The predicted octanol–water partition coefficient (Wildman–Crippen LogP) is 3.12. The zero-order valence-corrected chi connectivity index (χ0v) is 16.7. The lowest BCUT2D eigenvalue weighted by molar-refractivity contribution is -0.0882. The van der Waals surface area contributed by atoms with E-state index in [1.807, 2.05) is 0 Å². The summed E-state index contributed by atoms with van der Waals surface area (Å²) < 4.78 is 5.88. The topological polar surface area (TPSA) is 48.8 Å². The largest absolute Gasteiger partial charge is 0.391 e. The molecular weight excluding hydrogens is 338 g/mol. The quantitative estimate of drug-likeness (QED) is 0.901. The molecule has 1 atom stereocenters. The van der Waals surface area contributed by atoms with Gasteiger partial charge >= 0.3 is 0 Å². The summed E-state index contributed by atoms with van der Waals surface area (Å²) in [4.78, 5) is 9.77. The highest BCUT2D eigenvalue weighted by molar-refractivity contribution is 5.82. The summed E-state index contributed by atoms with van der Waals surface area (Å²) in [7, 11) is 0. The Balaban J connectivity index is 1.70. The minimum absolute atomic E-state index is 0.111. The number of hydrogen-bond donors (Lipinski definition) is 1. The first kappa shape index (κ1) is 18.7. The van der Waals surface area contributed by atoms with Gasteiger partial charge in [-0.15, -0.1) is 0 Å². The SMILES string of the molecule is Cc1ccc2nc(N3CCCC(O)C3)c(CN3CCOC(C)(C)C3)cc2c1. The predicted molar refractivity (Wildman–Crippen MR) is 109 cm³/mol. The van der Waals surface area contributed by atoms with Gasteiger partial charge in [-0.3, -0.25) is 4.90 Å². The number of benzene rings is 1. The number of ether oxygens (including phenoxy) is 1. The zero-order valence-electron chi connectivity index (χ0n) is 16.7. The number of nitrogens with zero attached hydrogens (tertiary/aromatic N) is 3. The van der Waals surface area contributed by atoms with Gasteiger partial charge in [-0.1, -0.05) is 11.6 Å². The average molecular weight is 370 g/mol. The molecule has 0 amide bonds. The van der Waals surface area contributed by atoms with Crippen molar-refractivity contribution in [3.8, 4) is 0 Å². The van der Waals surface area contributed by atoms with Crippen LogP contribution >= 0.6 is 0 Å². The molecule has 5 heteroatoms. The van der Waals surface area contributed by atoms with E-state index in [1.54, 1.807) is 0 Å². The molecule has 0 saturated carbocycles. The first-order valence-corrected chi connectivity index (χ1v) is 10.1. The van der Waals surface area contributed by atoms with Crippen LogP contribution in [0.1, 0.15) is 37.8 Å². The van der Waals surface area contributed by atoms with Gasteiger partial charge in [0, 0.05) is 43.7 Å². The van der Waals surface area contributed by atoms with Gasteiger partial charge in [-0.2, -0.15) is 0 Å². The van der Waals surface area contributed by atoms with E-state index in [0.29, 0.717) is 6.54 Å². The standard InChI is InChI=1S/C22H31N3O2/c1-16-6-7-20-17(11-16)12-18(13-24-9-10-27-22(2,3)15-24)21(23-20)25-8-4-5-19(26)14-25/h6-7,11-12,19,26H,4-5,8-10,13-15H2,1-3H3. The second-order valence-corrected chi connectivity index (χ2v) is 8.73. The van der Waals surface area contributed by atoms with Gasteiger partial charge in [0.05, 0.1) is 23.8 Å². The summed E-state index contributed by atoms with van der Waals surface area (Å²) in [6.45, 7) is 11.6. The number of aryl methyl sites for hydroxylation is 1. The Morgan fingerprint density at radius 1 is 1.26 bits per heavy atom. The molecule has 4 rings (SSSR count). The molecule has 0 radical (unpaired) electrons. The molecule has 1 aromatic heterocycles.